The molecule has 17 heavy (non-hydrogen) atoms. The van der Waals surface area contributed by atoms with Gasteiger partial charge in [-0.1, -0.05) is 28.1 Å². The Balaban J connectivity index is 1.88. The van der Waals surface area contributed by atoms with Crippen molar-refractivity contribution in [1.29, 1.82) is 0 Å². The fourth-order valence-corrected chi connectivity index (χ4v) is 2.57. The molecule has 1 fully saturated rings. The molecule has 88 valence electrons. The number of nitrogens with one attached hydrogen (secondary N) is 1. The van der Waals surface area contributed by atoms with Gasteiger partial charge in [0.15, 0.2) is 0 Å². The maximum atomic E-state index is 5.36. The lowest BCUT2D eigenvalue weighted by Gasteiger charge is -2.12. The van der Waals surface area contributed by atoms with E-state index in [0.29, 0.717) is 6.04 Å². The molecule has 1 aliphatic heterocycles. The Labute approximate surface area is 109 Å². The highest BCUT2D eigenvalue weighted by atomic mass is 79.9. The lowest BCUT2D eigenvalue weighted by Crippen LogP contribution is -2.18. The lowest BCUT2D eigenvalue weighted by atomic mass is 10.1. The monoisotopic (exact) mass is 291 g/mol. The van der Waals surface area contributed by atoms with E-state index in [1.807, 2.05) is 0 Å². The minimum Gasteiger partial charge on any atom is -0.380 e. The number of fused-ring (bicyclic) bond motifs is 1. The zero-order valence-corrected chi connectivity index (χ0v) is 11.0. The summed E-state index contributed by atoms with van der Waals surface area (Å²) in [6, 6.07) is 13.3. The van der Waals surface area contributed by atoms with E-state index in [-0.39, 0.29) is 0 Å². The summed E-state index contributed by atoms with van der Waals surface area (Å²) >= 11 is 3.49. The molecule has 2 nitrogen and oxygen atoms in total. The molecule has 1 aliphatic rings. The first-order valence-corrected chi connectivity index (χ1v) is 6.64. The van der Waals surface area contributed by atoms with E-state index in [2.05, 4.69) is 57.6 Å². The molecular formula is C14H14BrNO. The molecule has 1 atom stereocenters. The summed E-state index contributed by atoms with van der Waals surface area (Å²) < 4.78 is 6.48. The van der Waals surface area contributed by atoms with Crippen LogP contribution in [0.5, 0.6) is 0 Å². The smallest absolute Gasteiger partial charge is 0.0668 e. The van der Waals surface area contributed by atoms with Gasteiger partial charge in [0.25, 0.3) is 0 Å². The molecule has 2 aromatic rings. The second kappa shape index (κ2) is 4.67. The van der Waals surface area contributed by atoms with Crippen molar-refractivity contribution in [3.63, 3.8) is 0 Å². The second-order valence-electron chi connectivity index (χ2n) is 4.41. The molecule has 0 aromatic heterocycles. The minimum atomic E-state index is 0.461. The van der Waals surface area contributed by atoms with Crippen molar-refractivity contribution in [2.24, 2.45) is 0 Å². The highest BCUT2D eigenvalue weighted by Gasteiger charge is 2.14. The van der Waals surface area contributed by atoms with Crippen molar-refractivity contribution in [2.75, 3.05) is 18.5 Å². The van der Waals surface area contributed by atoms with Gasteiger partial charge in [-0.25, -0.2) is 0 Å². The molecule has 0 spiro atoms. The van der Waals surface area contributed by atoms with Gasteiger partial charge in [-0.2, -0.15) is 0 Å². The predicted molar refractivity (Wildman–Crippen MR) is 74.5 cm³/mol. The fourth-order valence-electron chi connectivity index (χ4n) is 2.19. The molecule has 0 radical (unpaired) electrons. The zero-order valence-electron chi connectivity index (χ0n) is 9.45. The van der Waals surface area contributed by atoms with Crippen LogP contribution in [0.2, 0.25) is 0 Å². The number of hydrogen-bond acceptors (Lipinski definition) is 2. The maximum Gasteiger partial charge on any atom is 0.0668 e. The normalized spacial score (nSPS) is 19.7. The van der Waals surface area contributed by atoms with Gasteiger partial charge in [0.05, 0.1) is 12.6 Å². The summed E-state index contributed by atoms with van der Waals surface area (Å²) in [5, 5.41) is 6.03. The third kappa shape index (κ3) is 2.45. The van der Waals surface area contributed by atoms with E-state index in [1.54, 1.807) is 0 Å². The van der Waals surface area contributed by atoms with E-state index >= 15 is 0 Å². The largest absolute Gasteiger partial charge is 0.380 e. The van der Waals surface area contributed by atoms with E-state index in [1.165, 1.54) is 16.5 Å². The Hall–Kier alpha value is -1.06. The van der Waals surface area contributed by atoms with Gasteiger partial charge in [-0.3, -0.25) is 0 Å². The molecule has 0 amide bonds. The first-order chi connectivity index (χ1) is 8.31. The van der Waals surface area contributed by atoms with Crippen molar-refractivity contribution in [3.05, 3.63) is 40.9 Å². The summed E-state index contributed by atoms with van der Waals surface area (Å²) in [6.07, 6.45) is 1.10. The van der Waals surface area contributed by atoms with Gasteiger partial charge in [-0.05, 0) is 41.5 Å². The molecule has 1 heterocycles. The standard InChI is InChI=1S/C14H14BrNO/c15-12-3-1-11-8-13(4-2-10(11)7-12)16-14-5-6-17-9-14/h1-4,7-8,14,16H,5-6,9H2. The van der Waals surface area contributed by atoms with Crippen LogP contribution < -0.4 is 5.32 Å². The summed E-state index contributed by atoms with van der Waals surface area (Å²) in [5.74, 6) is 0. The molecule has 1 N–H and O–H groups in total. The first-order valence-electron chi connectivity index (χ1n) is 5.85. The predicted octanol–water partition coefficient (Wildman–Crippen LogP) is 3.80. The summed E-state index contributed by atoms with van der Waals surface area (Å²) in [4.78, 5) is 0. The first kappa shape index (κ1) is 11.1. The van der Waals surface area contributed by atoms with Crippen molar-refractivity contribution < 1.29 is 4.74 Å². The van der Waals surface area contributed by atoms with Gasteiger partial charge in [0, 0.05) is 16.8 Å². The highest BCUT2D eigenvalue weighted by molar-refractivity contribution is 9.10. The Bertz CT molecular complexity index is 535. The molecule has 0 aliphatic carbocycles. The van der Waals surface area contributed by atoms with Crippen LogP contribution >= 0.6 is 15.9 Å². The Morgan fingerprint density at radius 1 is 1.12 bits per heavy atom. The maximum absolute atomic E-state index is 5.36. The van der Waals surface area contributed by atoms with Crippen LogP contribution in [-0.4, -0.2) is 19.3 Å². The number of benzene rings is 2. The number of hydrogen-bond donors (Lipinski definition) is 1. The lowest BCUT2D eigenvalue weighted by molar-refractivity contribution is 0.195. The molecule has 2 aromatic carbocycles. The average Bonchev–Trinajstić information content (AvgIpc) is 2.82. The van der Waals surface area contributed by atoms with Gasteiger partial charge < -0.3 is 10.1 Å². The van der Waals surface area contributed by atoms with Gasteiger partial charge >= 0.3 is 0 Å². The molecule has 3 heteroatoms. The van der Waals surface area contributed by atoms with Crippen LogP contribution in [0.1, 0.15) is 6.42 Å². The molecule has 0 saturated carbocycles. The molecule has 1 saturated heterocycles. The molecule has 1 unspecified atom stereocenters. The average molecular weight is 292 g/mol. The van der Waals surface area contributed by atoms with E-state index in [9.17, 15) is 0 Å². The number of halogens is 1. The second-order valence-corrected chi connectivity index (χ2v) is 5.33. The van der Waals surface area contributed by atoms with Crippen LogP contribution in [0.4, 0.5) is 5.69 Å². The van der Waals surface area contributed by atoms with Crippen molar-refractivity contribution >= 4 is 32.4 Å². The van der Waals surface area contributed by atoms with Crippen molar-refractivity contribution in [3.8, 4) is 0 Å². The highest BCUT2D eigenvalue weighted by Crippen LogP contribution is 2.24. The Kier molecular flexibility index (Phi) is 3.04. The molecule has 3 rings (SSSR count). The van der Waals surface area contributed by atoms with Gasteiger partial charge in [0.2, 0.25) is 0 Å². The molecule has 0 bridgehead atoms. The summed E-state index contributed by atoms with van der Waals surface area (Å²) in [5.41, 5.74) is 1.18. The van der Waals surface area contributed by atoms with E-state index < -0.39 is 0 Å². The summed E-state index contributed by atoms with van der Waals surface area (Å²) in [6.45, 7) is 1.69. The van der Waals surface area contributed by atoms with Crippen LogP contribution in [0.3, 0.4) is 0 Å². The fraction of sp³-hybridized carbons (Fsp3) is 0.286. The summed E-state index contributed by atoms with van der Waals surface area (Å²) in [7, 11) is 0. The van der Waals surface area contributed by atoms with E-state index in [4.69, 9.17) is 4.74 Å². The quantitative estimate of drug-likeness (QED) is 0.909. The SMILES string of the molecule is Brc1ccc2cc(NC3CCOC3)ccc2c1. The third-order valence-electron chi connectivity index (χ3n) is 3.10. The number of anilines is 1. The van der Waals surface area contributed by atoms with Crippen LogP contribution in [0, 0.1) is 0 Å². The molecular weight excluding hydrogens is 278 g/mol. The van der Waals surface area contributed by atoms with Gasteiger partial charge in [-0.15, -0.1) is 0 Å². The van der Waals surface area contributed by atoms with E-state index in [0.717, 1.165) is 24.1 Å². The van der Waals surface area contributed by atoms with Crippen LogP contribution in [0.25, 0.3) is 10.8 Å². The number of ether oxygens (including phenoxy) is 1. The Morgan fingerprint density at radius 2 is 1.94 bits per heavy atom. The Morgan fingerprint density at radius 3 is 2.76 bits per heavy atom. The zero-order chi connectivity index (χ0) is 11.7. The van der Waals surface area contributed by atoms with Gasteiger partial charge in [0.1, 0.15) is 0 Å². The minimum absolute atomic E-state index is 0.461. The van der Waals surface area contributed by atoms with Crippen molar-refractivity contribution in [2.45, 2.75) is 12.5 Å². The topological polar surface area (TPSA) is 21.3 Å². The van der Waals surface area contributed by atoms with Crippen molar-refractivity contribution in [1.82, 2.24) is 0 Å². The van der Waals surface area contributed by atoms with Crippen LogP contribution in [0.15, 0.2) is 40.9 Å². The van der Waals surface area contributed by atoms with Crippen LogP contribution in [-0.2, 0) is 4.74 Å². The third-order valence-corrected chi connectivity index (χ3v) is 3.60. The number of rotatable bonds is 2.